The van der Waals surface area contributed by atoms with Gasteiger partial charge in [-0.2, -0.15) is 10.4 Å². The summed E-state index contributed by atoms with van der Waals surface area (Å²) in [5, 5.41) is 12.6. The van der Waals surface area contributed by atoms with Gasteiger partial charge in [0.15, 0.2) is 0 Å². The summed E-state index contributed by atoms with van der Waals surface area (Å²) < 4.78 is 6.43. The van der Waals surface area contributed by atoms with Gasteiger partial charge in [-0.15, -0.1) is 0 Å². The highest BCUT2D eigenvalue weighted by atomic mass is 16.5. The van der Waals surface area contributed by atoms with Gasteiger partial charge in [-0.1, -0.05) is 0 Å². The Balaban J connectivity index is 2.59. The first-order valence-electron chi connectivity index (χ1n) is 6.33. The number of anilines is 1. The zero-order valence-electron chi connectivity index (χ0n) is 11.5. The Labute approximate surface area is 113 Å². The van der Waals surface area contributed by atoms with Crippen LogP contribution in [0.4, 0.5) is 5.69 Å². The van der Waals surface area contributed by atoms with E-state index in [0.29, 0.717) is 26.1 Å². The minimum absolute atomic E-state index is 0.112. The predicted molar refractivity (Wildman–Crippen MR) is 73.1 cm³/mol. The molecule has 0 aliphatic carbocycles. The first-order valence-corrected chi connectivity index (χ1v) is 6.33. The predicted octanol–water partition coefficient (Wildman–Crippen LogP) is 1.02. The van der Waals surface area contributed by atoms with Crippen molar-refractivity contribution in [2.45, 2.75) is 25.8 Å². The van der Waals surface area contributed by atoms with Gasteiger partial charge >= 0.3 is 0 Å². The van der Waals surface area contributed by atoms with Crippen LogP contribution in [0, 0.1) is 11.3 Å². The van der Waals surface area contributed by atoms with Crippen LogP contribution in [0.1, 0.15) is 19.3 Å². The molecule has 0 radical (unpaired) electrons. The Hall–Kier alpha value is -1.87. The Morgan fingerprint density at radius 2 is 2.32 bits per heavy atom. The summed E-state index contributed by atoms with van der Waals surface area (Å²) in [5.41, 5.74) is 0.675. The number of aryl methyl sites for hydroxylation is 1. The molecule has 0 fully saturated rings. The molecule has 0 amide bonds. The summed E-state index contributed by atoms with van der Waals surface area (Å²) in [6.45, 7) is 1.88. The minimum Gasteiger partial charge on any atom is -0.383 e. The molecule has 0 saturated carbocycles. The normalized spacial score (nSPS) is 10.2. The SMILES string of the molecule is COCCN(C)c1cnn(CCCCC#N)c(=O)c1. The molecular weight excluding hydrogens is 244 g/mol. The van der Waals surface area contributed by atoms with Crippen molar-refractivity contribution in [1.82, 2.24) is 9.78 Å². The van der Waals surface area contributed by atoms with Crippen molar-refractivity contribution < 1.29 is 4.74 Å². The molecule has 0 aliphatic rings. The fraction of sp³-hybridized carbons (Fsp3) is 0.615. The number of aromatic nitrogens is 2. The molecule has 0 atom stereocenters. The zero-order valence-corrected chi connectivity index (χ0v) is 11.5. The van der Waals surface area contributed by atoms with Gasteiger partial charge in [0.2, 0.25) is 0 Å². The van der Waals surface area contributed by atoms with E-state index in [0.717, 1.165) is 18.5 Å². The van der Waals surface area contributed by atoms with E-state index < -0.39 is 0 Å². The summed E-state index contributed by atoms with van der Waals surface area (Å²) in [6, 6.07) is 3.66. The zero-order chi connectivity index (χ0) is 14.1. The molecule has 0 aromatic carbocycles. The second-order valence-corrected chi connectivity index (χ2v) is 4.30. The number of ether oxygens (including phenoxy) is 1. The number of hydrogen-bond acceptors (Lipinski definition) is 5. The first kappa shape index (κ1) is 15.2. The van der Waals surface area contributed by atoms with Gasteiger partial charge in [0, 0.05) is 39.7 Å². The van der Waals surface area contributed by atoms with Crippen molar-refractivity contribution in [1.29, 1.82) is 5.26 Å². The van der Waals surface area contributed by atoms with Crippen LogP contribution >= 0.6 is 0 Å². The van der Waals surface area contributed by atoms with Gasteiger partial charge in [-0.25, -0.2) is 4.68 Å². The van der Waals surface area contributed by atoms with Crippen LogP contribution in [0.5, 0.6) is 0 Å². The highest BCUT2D eigenvalue weighted by molar-refractivity contribution is 5.41. The van der Waals surface area contributed by atoms with Crippen LogP contribution in [0.15, 0.2) is 17.1 Å². The molecule has 1 rings (SSSR count). The van der Waals surface area contributed by atoms with Crippen molar-refractivity contribution >= 4 is 5.69 Å². The van der Waals surface area contributed by atoms with E-state index in [1.807, 2.05) is 11.9 Å². The number of unbranched alkanes of at least 4 members (excludes halogenated alkanes) is 2. The van der Waals surface area contributed by atoms with E-state index in [1.165, 1.54) is 4.68 Å². The maximum atomic E-state index is 11.9. The number of likely N-dealkylation sites (N-methyl/N-ethyl adjacent to an activating group) is 1. The van der Waals surface area contributed by atoms with Gasteiger partial charge in [0.05, 0.1) is 24.6 Å². The highest BCUT2D eigenvalue weighted by Crippen LogP contribution is 2.06. The molecule has 6 heteroatoms. The number of nitriles is 1. The van der Waals surface area contributed by atoms with Crippen LogP contribution in [-0.4, -0.2) is 37.1 Å². The van der Waals surface area contributed by atoms with Gasteiger partial charge in [0.1, 0.15) is 0 Å². The third-order valence-corrected chi connectivity index (χ3v) is 2.84. The fourth-order valence-corrected chi connectivity index (χ4v) is 1.62. The summed E-state index contributed by atoms with van der Waals surface area (Å²) in [4.78, 5) is 13.8. The standard InChI is InChI=1S/C13H20N4O2/c1-16(8-9-19-2)12-10-13(18)17(15-11-12)7-5-3-4-6-14/h10-11H,3-5,7-9H2,1-2H3. The summed E-state index contributed by atoms with van der Waals surface area (Å²) in [6.07, 6.45) is 3.79. The maximum absolute atomic E-state index is 11.9. The molecule has 19 heavy (non-hydrogen) atoms. The molecule has 1 heterocycles. The Kier molecular flexibility index (Phi) is 6.61. The molecule has 0 aliphatic heterocycles. The number of rotatable bonds is 8. The lowest BCUT2D eigenvalue weighted by atomic mass is 10.2. The summed E-state index contributed by atoms with van der Waals surface area (Å²) in [7, 11) is 3.54. The van der Waals surface area contributed by atoms with Crippen LogP contribution < -0.4 is 10.5 Å². The summed E-state index contributed by atoms with van der Waals surface area (Å²) >= 11 is 0. The molecular formula is C13H20N4O2. The summed E-state index contributed by atoms with van der Waals surface area (Å²) in [5.74, 6) is 0. The quantitative estimate of drug-likeness (QED) is 0.656. The molecule has 0 saturated heterocycles. The van der Waals surface area contributed by atoms with E-state index in [4.69, 9.17) is 10.00 Å². The van der Waals surface area contributed by atoms with Crippen molar-refractivity contribution in [3.05, 3.63) is 22.6 Å². The molecule has 0 spiro atoms. The van der Waals surface area contributed by atoms with Gasteiger partial charge < -0.3 is 9.64 Å². The van der Waals surface area contributed by atoms with Gasteiger partial charge in [-0.05, 0) is 12.8 Å². The third-order valence-electron chi connectivity index (χ3n) is 2.84. The minimum atomic E-state index is -0.112. The Morgan fingerprint density at radius 1 is 1.53 bits per heavy atom. The van der Waals surface area contributed by atoms with Crippen molar-refractivity contribution in [3.8, 4) is 6.07 Å². The lowest BCUT2D eigenvalue weighted by molar-refractivity contribution is 0.206. The van der Waals surface area contributed by atoms with Gasteiger partial charge in [-0.3, -0.25) is 4.79 Å². The van der Waals surface area contributed by atoms with Crippen LogP contribution in [0.25, 0.3) is 0 Å². The topological polar surface area (TPSA) is 71.2 Å². The lowest BCUT2D eigenvalue weighted by Crippen LogP contribution is -2.27. The average molecular weight is 264 g/mol. The van der Waals surface area contributed by atoms with E-state index >= 15 is 0 Å². The molecule has 0 unspecified atom stereocenters. The molecule has 1 aromatic rings. The van der Waals surface area contributed by atoms with Crippen molar-refractivity contribution in [3.63, 3.8) is 0 Å². The second kappa shape index (κ2) is 8.27. The molecule has 1 aromatic heterocycles. The highest BCUT2D eigenvalue weighted by Gasteiger charge is 2.04. The van der Waals surface area contributed by atoms with Gasteiger partial charge in [0.25, 0.3) is 5.56 Å². The van der Waals surface area contributed by atoms with E-state index in [2.05, 4.69) is 11.2 Å². The maximum Gasteiger partial charge on any atom is 0.268 e. The fourth-order valence-electron chi connectivity index (χ4n) is 1.62. The van der Waals surface area contributed by atoms with Crippen LogP contribution in [-0.2, 0) is 11.3 Å². The smallest absolute Gasteiger partial charge is 0.268 e. The third kappa shape index (κ3) is 5.10. The van der Waals surface area contributed by atoms with E-state index in [9.17, 15) is 4.79 Å². The lowest BCUT2D eigenvalue weighted by Gasteiger charge is -2.18. The second-order valence-electron chi connectivity index (χ2n) is 4.30. The average Bonchev–Trinajstić information content (AvgIpc) is 2.42. The van der Waals surface area contributed by atoms with Crippen LogP contribution in [0.3, 0.4) is 0 Å². The van der Waals surface area contributed by atoms with Crippen molar-refractivity contribution in [2.75, 3.05) is 32.2 Å². The molecule has 104 valence electrons. The Morgan fingerprint density at radius 3 is 2.95 bits per heavy atom. The van der Waals surface area contributed by atoms with E-state index in [-0.39, 0.29) is 5.56 Å². The van der Waals surface area contributed by atoms with Crippen LogP contribution in [0.2, 0.25) is 0 Å². The Bertz CT molecular complexity index is 478. The molecule has 0 N–H and O–H groups in total. The number of methoxy groups -OCH3 is 1. The monoisotopic (exact) mass is 264 g/mol. The first-order chi connectivity index (χ1) is 9.19. The number of hydrogen-bond donors (Lipinski definition) is 0. The largest absolute Gasteiger partial charge is 0.383 e. The van der Waals surface area contributed by atoms with E-state index in [1.54, 1.807) is 19.4 Å². The van der Waals surface area contributed by atoms with Crippen molar-refractivity contribution in [2.24, 2.45) is 0 Å². The molecule has 0 bridgehead atoms. The number of nitrogens with zero attached hydrogens (tertiary/aromatic N) is 4. The molecule has 6 nitrogen and oxygen atoms in total.